The maximum absolute atomic E-state index is 5.43. The van der Waals surface area contributed by atoms with Crippen molar-refractivity contribution in [3.8, 4) is 0 Å². The Bertz CT molecular complexity index is 162. The molecule has 1 aliphatic rings. The van der Waals surface area contributed by atoms with Gasteiger partial charge in [-0.2, -0.15) is 0 Å². The zero-order valence-electron chi connectivity index (χ0n) is 9.65. The molecule has 1 unspecified atom stereocenters. The third-order valence-corrected chi connectivity index (χ3v) is 9.37. The summed E-state index contributed by atoms with van der Waals surface area (Å²) in [6.07, 6.45) is 1.25. The molecule has 0 spiro atoms. The maximum atomic E-state index is 5.43. The van der Waals surface area contributed by atoms with E-state index in [-0.39, 0.29) is 0 Å². The van der Waals surface area contributed by atoms with Crippen molar-refractivity contribution in [3.05, 3.63) is 0 Å². The van der Waals surface area contributed by atoms with Gasteiger partial charge in [-0.1, -0.05) is 0 Å². The summed E-state index contributed by atoms with van der Waals surface area (Å²) < 4.78 is 27.4. The van der Waals surface area contributed by atoms with E-state index in [1.165, 1.54) is 0 Å². The molecule has 15 heavy (non-hydrogen) atoms. The molecule has 0 bridgehead atoms. The number of epoxide rings is 1. The fraction of sp³-hybridized carbons (Fsp3) is 1.00. The second-order valence-corrected chi connectivity index (χ2v) is 11.0. The summed E-state index contributed by atoms with van der Waals surface area (Å²) >= 11 is -3.14. The van der Waals surface area contributed by atoms with Crippen LogP contribution in [0, 0.1) is 0 Å². The molecule has 1 fully saturated rings. The fourth-order valence-corrected chi connectivity index (χ4v) is 5.48. The van der Waals surface area contributed by atoms with Gasteiger partial charge in [0.2, 0.25) is 0 Å². The molecule has 6 heteroatoms. The molecule has 0 aromatic carbocycles. The van der Waals surface area contributed by atoms with Crippen molar-refractivity contribution in [2.24, 2.45) is 0 Å². The van der Waals surface area contributed by atoms with Gasteiger partial charge in [0.05, 0.1) is 0 Å². The zero-order valence-corrected chi connectivity index (χ0v) is 12.1. The van der Waals surface area contributed by atoms with Crippen LogP contribution in [0.25, 0.3) is 0 Å². The molecule has 1 rings (SSSR count). The van der Waals surface area contributed by atoms with Crippen molar-refractivity contribution in [1.82, 2.24) is 0 Å². The van der Waals surface area contributed by atoms with Crippen LogP contribution in [0.3, 0.4) is 0 Å². The zero-order chi connectivity index (χ0) is 11.1. The first-order chi connectivity index (χ1) is 7.26. The van der Waals surface area contributed by atoms with Crippen LogP contribution in [0.15, 0.2) is 0 Å². The Morgan fingerprint density at radius 2 is 1.80 bits per heavy atom. The Hall–Kier alpha value is 0.683. The summed E-state index contributed by atoms with van der Waals surface area (Å²) in [5.74, 6) is 0. The van der Waals surface area contributed by atoms with E-state index in [0.717, 1.165) is 17.2 Å². The molecule has 1 heterocycles. The molecular formula is C9H20O5Zr. The standard InChI is InChI=1S/C6H11O2.3CH3O.Zr/c1-2-3-7-4-6-5-8-6;3*1-2;/h6H,1-5H2;3*1H3;/q;3*-1;+3. The second-order valence-electron chi connectivity index (χ2n) is 3.43. The average Bonchev–Trinajstić information content (AvgIpc) is 3.08. The minimum absolute atomic E-state index is 0.338. The Kier molecular flexibility index (Phi) is 6.50. The summed E-state index contributed by atoms with van der Waals surface area (Å²) in [7, 11) is 4.96. The van der Waals surface area contributed by atoms with Crippen LogP contribution in [-0.4, -0.2) is 47.3 Å². The van der Waals surface area contributed by atoms with Gasteiger partial charge in [-0.15, -0.1) is 0 Å². The van der Waals surface area contributed by atoms with E-state index in [4.69, 9.17) is 17.9 Å². The fourth-order valence-electron chi connectivity index (χ4n) is 1.33. The number of rotatable bonds is 9. The van der Waals surface area contributed by atoms with E-state index in [2.05, 4.69) is 0 Å². The molecule has 0 aliphatic carbocycles. The molecule has 0 saturated carbocycles. The van der Waals surface area contributed by atoms with Crippen LogP contribution >= 0.6 is 0 Å². The Morgan fingerprint density at radius 3 is 2.27 bits per heavy atom. The van der Waals surface area contributed by atoms with Gasteiger partial charge in [0, 0.05) is 0 Å². The Morgan fingerprint density at radius 1 is 1.20 bits per heavy atom. The third kappa shape index (κ3) is 5.02. The normalized spacial score (nSPS) is 20.6. The first-order valence-electron chi connectivity index (χ1n) is 5.11. The first-order valence-corrected chi connectivity index (χ1v) is 9.86. The van der Waals surface area contributed by atoms with Crippen LogP contribution in [0.2, 0.25) is 4.13 Å². The first kappa shape index (κ1) is 13.7. The quantitative estimate of drug-likeness (QED) is 0.470. The summed E-state index contributed by atoms with van der Waals surface area (Å²) in [5.41, 5.74) is 0. The van der Waals surface area contributed by atoms with Crippen LogP contribution < -0.4 is 0 Å². The molecule has 1 atom stereocenters. The summed E-state index contributed by atoms with van der Waals surface area (Å²) in [5, 5.41) is 0. The van der Waals surface area contributed by atoms with Crippen LogP contribution in [-0.2, 0) is 39.5 Å². The second kappa shape index (κ2) is 7.10. The van der Waals surface area contributed by atoms with E-state index in [1.807, 2.05) is 0 Å². The molecule has 90 valence electrons. The van der Waals surface area contributed by atoms with Crippen LogP contribution in [0.4, 0.5) is 0 Å². The van der Waals surface area contributed by atoms with Gasteiger partial charge >= 0.3 is 97.3 Å². The summed E-state index contributed by atoms with van der Waals surface area (Å²) in [6.45, 7) is 2.27. The number of ether oxygens (including phenoxy) is 2. The van der Waals surface area contributed by atoms with Gasteiger partial charge < -0.3 is 0 Å². The third-order valence-electron chi connectivity index (χ3n) is 2.41. The van der Waals surface area contributed by atoms with Crippen molar-refractivity contribution in [2.45, 2.75) is 16.7 Å². The van der Waals surface area contributed by atoms with Crippen molar-refractivity contribution < 1.29 is 39.5 Å². The molecule has 0 aromatic heterocycles. The molecule has 0 amide bonds. The van der Waals surface area contributed by atoms with Crippen LogP contribution in [0.1, 0.15) is 6.42 Å². The van der Waals surface area contributed by atoms with E-state index in [9.17, 15) is 0 Å². The van der Waals surface area contributed by atoms with Crippen molar-refractivity contribution in [3.63, 3.8) is 0 Å². The topological polar surface area (TPSA) is 49.5 Å². The average molecular weight is 299 g/mol. The minimum atomic E-state index is -3.14. The van der Waals surface area contributed by atoms with E-state index in [1.54, 1.807) is 21.3 Å². The number of hydrogen-bond donors (Lipinski definition) is 0. The predicted molar refractivity (Wildman–Crippen MR) is 51.0 cm³/mol. The van der Waals surface area contributed by atoms with Crippen LogP contribution in [0.5, 0.6) is 0 Å². The van der Waals surface area contributed by atoms with Crippen molar-refractivity contribution in [2.75, 3.05) is 41.2 Å². The molecule has 1 saturated heterocycles. The van der Waals surface area contributed by atoms with Crippen molar-refractivity contribution >= 4 is 0 Å². The summed E-state index contributed by atoms with van der Waals surface area (Å²) in [6, 6.07) is 0. The van der Waals surface area contributed by atoms with E-state index < -0.39 is 21.6 Å². The van der Waals surface area contributed by atoms with E-state index in [0.29, 0.717) is 19.3 Å². The van der Waals surface area contributed by atoms with Gasteiger partial charge in [0.1, 0.15) is 0 Å². The van der Waals surface area contributed by atoms with Crippen molar-refractivity contribution in [1.29, 1.82) is 0 Å². The molecular weight excluding hydrogens is 279 g/mol. The molecule has 0 N–H and O–H groups in total. The summed E-state index contributed by atoms with van der Waals surface area (Å²) in [4.78, 5) is 0. The van der Waals surface area contributed by atoms with E-state index >= 15 is 0 Å². The van der Waals surface area contributed by atoms with Gasteiger partial charge in [-0.25, -0.2) is 0 Å². The van der Waals surface area contributed by atoms with Gasteiger partial charge in [-0.3, -0.25) is 0 Å². The molecule has 0 aromatic rings. The van der Waals surface area contributed by atoms with Gasteiger partial charge in [0.25, 0.3) is 0 Å². The SMILES string of the molecule is C[O][Zr]([CH2]CCOCC1CO1)([O]C)[O]C. The molecule has 5 nitrogen and oxygen atoms in total. The number of hydrogen-bond acceptors (Lipinski definition) is 5. The monoisotopic (exact) mass is 298 g/mol. The Labute approximate surface area is 97.2 Å². The Balaban J connectivity index is 2.04. The molecule has 0 radical (unpaired) electrons. The van der Waals surface area contributed by atoms with Gasteiger partial charge in [-0.05, 0) is 0 Å². The predicted octanol–water partition coefficient (Wildman–Crippen LogP) is 1.05. The molecule has 1 aliphatic heterocycles. The van der Waals surface area contributed by atoms with Gasteiger partial charge in [0.15, 0.2) is 0 Å².